The molecule has 6 nitrogen and oxygen atoms in total. The number of halogens is 1. The standard InChI is InChI=1S/C12H13BrN4O2S/c13-8-7-9(17(18)19)12(11-10(8)14-20-15-11)16-5-3-1-2-4-6-16/h7H,1-6H2. The number of nitrogens with zero attached hydrogens (tertiary/aromatic N) is 4. The summed E-state index contributed by atoms with van der Waals surface area (Å²) in [6, 6.07) is 1.55. The van der Waals surface area contributed by atoms with E-state index in [1.807, 2.05) is 0 Å². The van der Waals surface area contributed by atoms with E-state index in [4.69, 9.17) is 0 Å². The Morgan fingerprint density at radius 3 is 2.50 bits per heavy atom. The Hall–Kier alpha value is -1.28. The molecule has 0 radical (unpaired) electrons. The Bertz CT molecular complexity index is 652. The minimum absolute atomic E-state index is 0.110. The van der Waals surface area contributed by atoms with Crippen molar-refractivity contribution in [2.24, 2.45) is 0 Å². The summed E-state index contributed by atoms with van der Waals surface area (Å²) in [5, 5.41) is 11.4. The molecule has 1 aliphatic rings. The second-order valence-corrected chi connectivity index (χ2v) is 6.23. The third-order valence-electron chi connectivity index (χ3n) is 3.56. The number of fused-ring (bicyclic) bond motifs is 1. The van der Waals surface area contributed by atoms with Crippen LogP contribution in [0.15, 0.2) is 10.5 Å². The van der Waals surface area contributed by atoms with E-state index in [-0.39, 0.29) is 10.6 Å². The fourth-order valence-electron chi connectivity index (χ4n) is 2.62. The maximum Gasteiger partial charge on any atom is 0.296 e. The Kier molecular flexibility index (Phi) is 3.84. The van der Waals surface area contributed by atoms with Crippen molar-refractivity contribution in [2.75, 3.05) is 18.0 Å². The lowest BCUT2D eigenvalue weighted by Gasteiger charge is -2.22. The molecule has 20 heavy (non-hydrogen) atoms. The van der Waals surface area contributed by atoms with Crippen molar-refractivity contribution in [3.63, 3.8) is 0 Å². The summed E-state index contributed by atoms with van der Waals surface area (Å²) in [6.07, 6.45) is 4.48. The molecule has 1 aromatic carbocycles. The van der Waals surface area contributed by atoms with E-state index >= 15 is 0 Å². The number of hydrogen-bond donors (Lipinski definition) is 0. The van der Waals surface area contributed by atoms with Crippen LogP contribution in [-0.4, -0.2) is 26.8 Å². The number of anilines is 1. The summed E-state index contributed by atoms with van der Waals surface area (Å²) < 4.78 is 9.15. The van der Waals surface area contributed by atoms with Crippen molar-refractivity contribution >= 4 is 50.1 Å². The fourth-order valence-corrected chi connectivity index (χ4v) is 3.80. The van der Waals surface area contributed by atoms with Gasteiger partial charge in [-0.1, -0.05) is 12.8 Å². The van der Waals surface area contributed by atoms with Gasteiger partial charge in [-0.05, 0) is 28.8 Å². The van der Waals surface area contributed by atoms with Crippen LogP contribution in [0.4, 0.5) is 11.4 Å². The average molecular weight is 357 g/mol. The molecule has 0 atom stereocenters. The predicted octanol–water partition coefficient (Wildman–Crippen LogP) is 3.74. The highest BCUT2D eigenvalue weighted by Crippen LogP contribution is 2.40. The first-order valence-corrected chi connectivity index (χ1v) is 8.05. The summed E-state index contributed by atoms with van der Waals surface area (Å²) in [7, 11) is 0. The molecule has 0 amide bonds. The van der Waals surface area contributed by atoms with Crippen LogP contribution in [0.5, 0.6) is 0 Å². The first-order valence-electron chi connectivity index (χ1n) is 6.52. The number of nitro benzene ring substituents is 1. The van der Waals surface area contributed by atoms with Gasteiger partial charge in [-0.15, -0.1) is 0 Å². The second-order valence-electron chi connectivity index (χ2n) is 4.85. The highest BCUT2D eigenvalue weighted by Gasteiger charge is 2.27. The van der Waals surface area contributed by atoms with Gasteiger partial charge < -0.3 is 4.90 Å². The van der Waals surface area contributed by atoms with E-state index in [0.29, 0.717) is 21.2 Å². The molecular formula is C12H13BrN4O2S. The lowest BCUT2D eigenvalue weighted by molar-refractivity contribution is -0.384. The van der Waals surface area contributed by atoms with Gasteiger partial charge in [0.15, 0.2) is 0 Å². The monoisotopic (exact) mass is 356 g/mol. The lowest BCUT2D eigenvalue weighted by Crippen LogP contribution is -2.25. The van der Waals surface area contributed by atoms with Crippen LogP contribution < -0.4 is 4.90 Å². The minimum atomic E-state index is -0.330. The number of rotatable bonds is 2. The zero-order valence-corrected chi connectivity index (χ0v) is 13.1. The van der Waals surface area contributed by atoms with Crippen LogP contribution in [0.1, 0.15) is 25.7 Å². The maximum atomic E-state index is 11.4. The van der Waals surface area contributed by atoms with Crippen LogP contribution in [0.3, 0.4) is 0 Å². The third-order valence-corrected chi connectivity index (χ3v) is 4.70. The van der Waals surface area contributed by atoms with Gasteiger partial charge in [0.1, 0.15) is 16.7 Å². The smallest absolute Gasteiger partial charge is 0.296 e. The normalized spacial score (nSPS) is 16.4. The molecule has 1 fully saturated rings. The van der Waals surface area contributed by atoms with E-state index in [1.54, 1.807) is 6.07 Å². The summed E-state index contributed by atoms with van der Waals surface area (Å²) in [5.41, 5.74) is 2.08. The minimum Gasteiger partial charge on any atom is -0.364 e. The zero-order valence-electron chi connectivity index (χ0n) is 10.7. The molecule has 0 aliphatic carbocycles. The van der Waals surface area contributed by atoms with E-state index in [1.165, 1.54) is 12.8 Å². The molecule has 106 valence electrons. The van der Waals surface area contributed by atoms with E-state index in [0.717, 1.165) is 37.7 Å². The van der Waals surface area contributed by atoms with Crippen molar-refractivity contribution in [2.45, 2.75) is 25.7 Å². The molecule has 1 saturated heterocycles. The Morgan fingerprint density at radius 1 is 1.20 bits per heavy atom. The highest BCUT2D eigenvalue weighted by molar-refractivity contribution is 9.10. The van der Waals surface area contributed by atoms with Crippen molar-refractivity contribution in [3.8, 4) is 0 Å². The topological polar surface area (TPSA) is 72.2 Å². The van der Waals surface area contributed by atoms with Crippen LogP contribution in [0.2, 0.25) is 0 Å². The number of aromatic nitrogens is 2. The molecular weight excluding hydrogens is 344 g/mol. The molecule has 2 heterocycles. The van der Waals surface area contributed by atoms with Crippen LogP contribution in [0.25, 0.3) is 11.0 Å². The molecule has 0 N–H and O–H groups in total. The Balaban J connectivity index is 2.20. The first-order chi connectivity index (χ1) is 9.68. The maximum absolute atomic E-state index is 11.4. The van der Waals surface area contributed by atoms with E-state index in [9.17, 15) is 10.1 Å². The molecule has 8 heteroatoms. The van der Waals surface area contributed by atoms with Gasteiger partial charge in [-0.25, -0.2) is 0 Å². The van der Waals surface area contributed by atoms with Crippen molar-refractivity contribution in [1.29, 1.82) is 0 Å². The Labute approximate surface area is 128 Å². The average Bonchev–Trinajstić information content (AvgIpc) is 2.75. The number of nitro groups is 1. The van der Waals surface area contributed by atoms with Crippen LogP contribution >= 0.6 is 27.7 Å². The lowest BCUT2D eigenvalue weighted by atomic mass is 10.2. The molecule has 0 spiro atoms. The molecule has 0 saturated carbocycles. The van der Waals surface area contributed by atoms with Gasteiger partial charge in [0.25, 0.3) is 5.69 Å². The van der Waals surface area contributed by atoms with Gasteiger partial charge in [0, 0.05) is 19.2 Å². The largest absolute Gasteiger partial charge is 0.364 e. The van der Waals surface area contributed by atoms with Gasteiger partial charge in [-0.3, -0.25) is 10.1 Å². The molecule has 1 aliphatic heterocycles. The van der Waals surface area contributed by atoms with Crippen LogP contribution in [0, 0.1) is 10.1 Å². The van der Waals surface area contributed by atoms with Crippen LogP contribution in [-0.2, 0) is 0 Å². The van der Waals surface area contributed by atoms with Gasteiger partial charge >= 0.3 is 0 Å². The third kappa shape index (κ3) is 2.37. The predicted molar refractivity (Wildman–Crippen MR) is 82.5 cm³/mol. The number of benzene rings is 1. The highest BCUT2D eigenvalue weighted by atomic mass is 79.9. The first kappa shape index (κ1) is 13.7. The molecule has 2 aromatic rings. The fraction of sp³-hybridized carbons (Fsp3) is 0.500. The summed E-state index contributed by atoms with van der Waals surface area (Å²) in [5.74, 6) is 0. The summed E-state index contributed by atoms with van der Waals surface area (Å²) in [4.78, 5) is 13.2. The quantitative estimate of drug-likeness (QED) is 0.605. The Morgan fingerprint density at radius 2 is 1.85 bits per heavy atom. The van der Waals surface area contributed by atoms with E-state index < -0.39 is 0 Å². The van der Waals surface area contributed by atoms with E-state index in [2.05, 4.69) is 29.6 Å². The molecule has 1 aromatic heterocycles. The second kappa shape index (κ2) is 5.61. The molecule has 3 rings (SSSR count). The van der Waals surface area contributed by atoms with Gasteiger partial charge in [0.2, 0.25) is 0 Å². The molecule has 0 bridgehead atoms. The van der Waals surface area contributed by atoms with Gasteiger partial charge in [0.05, 0.1) is 21.1 Å². The number of hydrogen-bond acceptors (Lipinski definition) is 6. The SMILES string of the molecule is O=[N+]([O-])c1cc(Br)c2nsnc2c1N1CCCCCC1. The van der Waals surface area contributed by atoms with Crippen molar-refractivity contribution < 1.29 is 4.92 Å². The molecule has 0 unspecified atom stereocenters. The zero-order chi connectivity index (χ0) is 14.1. The summed E-state index contributed by atoms with van der Waals surface area (Å²) in [6.45, 7) is 1.68. The summed E-state index contributed by atoms with van der Waals surface area (Å²) >= 11 is 4.44. The van der Waals surface area contributed by atoms with Crippen molar-refractivity contribution in [3.05, 3.63) is 20.7 Å². The van der Waals surface area contributed by atoms with Gasteiger partial charge in [-0.2, -0.15) is 8.75 Å². The van der Waals surface area contributed by atoms with Crippen molar-refractivity contribution in [1.82, 2.24) is 8.75 Å².